The number of thioether (sulfide) groups is 1. The molecule has 88 valence electrons. The highest BCUT2D eigenvalue weighted by Gasteiger charge is 2.34. The number of hydrogen-bond donors (Lipinski definition) is 0. The summed E-state index contributed by atoms with van der Waals surface area (Å²) in [4.78, 5) is 11.4. The van der Waals surface area contributed by atoms with Crippen molar-refractivity contribution >= 4 is 29.3 Å². The topological polar surface area (TPSA) is 35.5 Å². The van der Waals surface area contributed by atoms with E-state index in [-0.39, 0.29) is 11.4 Å². The average Bonchev–Trinajstić information content (AvgIpc) is 2.72. The summed E-state index contributed by atoms with van der Waals surface area (Å²) in [6.45, 7) is 0.370. The van der Waals surface area contributed by atoms with Crippen LogP contribution < -0.4 is 0 Å². The van der Waals surface area contributed by atoms with Gasteiger partial charge in [0, 0.05) is 21.9 Å². The van der Waals surface area contributed by atoms with Gasteiger partial charge in [-0.2, -0.15) is 0 Å². The summed E-state index contributed by atoms with van der Waals surface area (Å²) in [6.07, 6.45) is 0. The van der Waals surface area contributed by atoms with Gasteiger partial charge in [0.05, 0.1) is 0 Å². The van der Waals surface area contributed by atoms with E-state index in [9.17, 15) is 4.79 Å². The van der Waals surface area contributed by atoms with Crippen LogP contribution in [0.1, 0.15) is 11.0 Å². The standard InChI is InChI=1S/C12H9ClO3S/c13-9-3-1-7(2-4-9)12-16-10-8(6-17-12)5-15-11(10)14/h1-4,12H,5-6H2. The Morgan fingerprint density at radius 2 is 2.06 bits per heavy atom. The summed E-state index contributed by atoms with van der Waals surface area (Å²) in [7, 11) is 0. The zero-order valence-electron chi connectivity index (χ0n) is 8.81. The SMILES string of the molecule is O=C1OCC2=C1OC(c1ccc(Cl)cc1)SC2. The van der Waals surface area contributed by atoms with Crippen molar-refractivity contribution in [1.82, 2.24) is 0 Å². The molecular weight excluding hydrogens is 260 g/mol. The molecule has 0 radical (unpaired) electrons. The van der Waals surface area contributed by atoms with Crippen LogP contribution in [0.15, 0.2) is 35.6 Å². The van der Waals surface area contributed by atoms with Gasteiger partial charge >= 0.3 is 5.97 Å². The molecule has 0 saturated carbocycles. The second-order valence-corrected chi connectivity index (χ2v) is 5.31. The van der Waals surface area contributed by atoms with Crippen molar-refractivity contribution in [2.75, 3.05) is 12.4 Å². The van der Waals surface area contributed by atoms with E-state index < -0.39 is 0 Å². The van der Waals surface area contributed by atoms with Crippen molar-refractivity contribution in [2.45, 2.75) is 5.44 Å². The minimum absolute atomic E-state index is 0.156. The van der Waals surface area contributed by atoms with Gasteiger partial charge in [0.15, 0.2) is 5.44 Å². The van der Waals surface area contributed by atoms with Gasteiger partial charge in [-0.3, -0.25) is 0 Å². The Balaban J connectivity index is 1.84. The summed E-state index contributed by atoms with van der Waals surface area (Å²) >= 11 is 7.48. The van der Waals surface area contributed by atoms with Crippen molar-refractivity contribution in [1.29, 1.82) is 0 Å². The van der Waals surface area contributed by atoms with Crippen LogP contribution in [0.4, 0.5) is 0 Å². The first-order chi connectivity index (χ1) is 8.24. The van der Waals surface area contributed by atoms with E-state index in [0.717, 1.165) is 16.9 Å². The molecule has 2 heterocycles. The number of carbonyl (C=O) groups is 1. The third kappa shape index (κ3) is 2.03. The molecule has 1 aromatic rings. The van der Waals surface area contributed by atoms with Crippen LogP contribution in [-0.2, 0) is 14.3 Å². The lowest BCUT2D eigenvalue weighted by molar-refractivity contribution is -0.139. The van der Waals surface area contributed by atoms with Crippen molar-refractivity contribution in [2.24, 2.45) is 0 Å². The molecule has 0 fully saturated rings. The lowest BCUT2D eigenvalue weighted by atomic mass is 10.2. The van der Waals surface area contributed by atoms with Crippen LogP contribution in [-0.4, -0.2) is 18.3 Å². The first kappa shape index (κ1) is 11.0. The Hall–Kier alpha value is -1.13. The second kappa shape index (κ2) is 4.27. The molecule has 3 rings (SSSR count). The number of rotatable bonds is 1. The second-order valence-electron chi connectivity index (χ2n) is 3.82. The quantitative estimate of drug-likeness (QED) is 0.734. The number of esters is 1. The predicted octanol–water partition coefficient (Wildman–Crippen LogP) is 2.91. The normalized spacial score (nSPS) is 23.1. The summed E-state index contributed by atoms with van der Waals surface area (Å²) in [5, 5.41) is 0.690. The van der Waals surface area contributed by atoms with Crippen LogP contribution in [0.2, 0.25) is 5.02 Å². The maximum absolute atomic E-state index is 11.4. The van der Waals surface area contributed by atoms with Crippen LogP contribution in [0, 0.1) is 0 Å². The van der Waals surface area contributed by atoms with E-state index in [1.54, 1.807) is 11.8 Å². The van der Waals surface area contributed by atoms with Crippen LogP contribution >= 0.6 is 23.4 Å². The smallest absolute Gasteiger partial charge is 0.374 e. The zero-order chi connectivity index (χ0) is 11.8. The maximum Gasteiger partial charge on any atom is 0.374 e. The fourth-order valence-electron chi connectivity index (χ4n) is 1.77. The monoisotopic (exact) mass is 268 g/mol. The lowest BCUT2D eigenvalue weighted by Crippen LogP contribution is -2.12. The Bertz CT molecular complexity index is 495. The molecule has 2 aliphatic rings. The van der Waals surface area contributed by atoms with Gasteiger partial charge in [-0.1, -0.05) is 23.7 Å². The first-order valence-corrected chi connectivity index (χ1v) is 6.59. The van der Waals surface area contributed by atoms with Gasteiger partial charge in [0.25, 0.3) is 0 Å². The molecule has 1 unspecified atom stereocenters. The molecule has 17 heavy (non-hydrogen) atoms. The minimum atomic E-state index is -0.348. The van der Waals surface area contributed by atoms with E-state index in [1.807, 2.05) is 24.3 Å². The molecule has 1 aromatic carbocycles. The Morgan fingerprint density at radius 3 is 2.82 bits per heavy atom. The van der Waals surface area contributed by atoms with E-state index in [2.05, 4.69) is 0 Å². The summed E-state index contributed by atoms with van der Waals surface area (Å²) in [5.41, 5.74) is 1.80. The van der Waals surface area contributed by atoms with Gasteiger partial charge in [-0.05, 0) is 12.1 Å². The minimum Gasteiger partial charge on any atom is -0.467 e. The fourth-order valence-corrected chi connectivity index (χ4v) is 2.98. The number of ether oxygens (including phenoxy) is 2. The molecule has 0 bridgehead atoms. The third-order valence-electron chi connectivity index (χ3n) is 2.66. The van der Waals surface area contributed by atoms with E-state index >= 15 is 0 Å². The highest BCUT2D eigenvalue weighted by atomic mass is 35.5. The van der Waals surface area contributed by atoms with Crippen LogP contribution in [0.25, 0.3) is 0 Å². The van der Waals surface area contributed by atoms with Crippen LogP contribution in [0.5, 0.6) is 0 Å². The van der Waals surface area contributed by atoms with Crippen molar-refractivity contribution in [3.8, 4) is 0 Å². The van der Waals surface area contributed by atoms with Gasteiger partial charge in [-0.15, -0.1) is 11.8 Å². The van der Waals surface area contributed by atoms with Crippen LogP contribution in [0.3, 0.4) is 0 Å². The van der Waals surface area contributed by atoms with Crippen molar-refractivity contribution in [3.05, 3.63) is 46.2 Å². The highest BCUT2D eigenvalue weighted by molar-refractivity contribution is 7.99. The van der Waals surface area contributed by atoms with E-state index in [4.69, 9.17) is 21.1 Å². The molecule has 0 saturated heterocycles. The van der Waals surface area contributed by atoms with Gasteiger partial charge in [0.1, 0.15) is 6.61 Å². The molecule has 0 aliphatic carbocycles. The van der Waals surface area contributed by atoms with Gasteiger partial charge in [-0.25, -0.2) is 4.79 Å². The number of carbonyl (C=O) groups excluding carboxylic acids is 1. The largest absolute Gasteiger partial charge is 0.467 e. The Morgan fingerprint density at radius 1 is 1.29 bits per heavy atom. The molecule has 3 nitrogen and oxygen atoms in total. The molecule has 5 heteroatoms. The molecule has 0 amide bonds. The highest BCUT2D eigenvalue weighted by Crippen LogP contribution is 2.41. The van der Waals surface area contributed by atoms with Crippen molar-refractivity contribution in [3.63, 3.8) is 0 Å². The van der Waals surface area contributed by atoms with Gasteiger partial charge in [0.2, 0.25) is 5.76 Å². The van der Waals surface area contributed by atoms with Gasteiger partial charge < -0.3 is 9.47 Å². The number of cyclic esters (lactones) is 1. The van der Waals surface area contributed by atoms with E-state index in [1.165, 1.54) is 0 Å². The predicted molar refractivity (Wildman–Crippen MR) is 65.7 cm³/mol. The molecule has 0 spiro atoms. The number of halogens is 1. The lowest BCUT2D eigenvalue weighted by Gasteiger charge is -2.23. The third-order valence-corrected chi connectivity index (χ3v) is 4.10. The average molecular weight is 269 g/mol. The maximum atomic E-state index is 11.4. The zero-order valence-corrected chi connectivity index (χ0v) is 10.4. The summed E-state index contributed by atoms with van der Waals surface area (Å²) < 4.78 is 10.6. The Labute approximate surface area is 108 Å². The molecule has 0 N–H and O–H groups in total. The summed E-state index contributed by atoms with van der Waals surface area (Å²) in [6, 6.07) is 7.45. The molecular formula is C12H9ClO3S. The van der Waals surface area contributed by atoms with Crippen molar-refractivity contribution < 1.29 is 14.3 Å². The fraction of sp³-hybridized carbons (Fsp3) is 0.250. The molecule has 2 aliphatic heterocycles. The molecule has 1 atom stereocenters. The number of benzene rings is 1. The first-order valence-electron chi connectivity index (χ1n) is 5.17. The van der Waals surface area contributed by atoms with E-state index in [0.29, 0.717) is 17.4 Å². The molecule has 0 aromatic heterocycles. The Kier molecular flexibility index (Phi) is 2.76. The summed E-state index contributed by atoms with van der Waals surface area (Å²) in [5.74, 6) is 0.817. The number of hydrogen-bond acceptors (Lipinski definition) is 4.